The maximum atomic E-state index is 12.4. The van der Waals surface area contributed by atoms with Gasteiger partial charge in [-0.1, -0.05) is 18.1 Å². The molecular formula is C14H13F3N2O. The van der Waals surface area contributed by atoms with Crippen LogP contribution < -0.4 is 5.32 Å². The van der Waals surface area contributed by atoms with Crippen molar-refractivity contribution in [3.8, 4) is 12.3 Å². The van der Waals surface area contributed by atoms with Crippen LogP contribution in [0.5, 0.6) is 0 Å². The Morgan fingerprint density at radius 2 is 1.95 bits per heavy atom. The van der Waals surface area contributed by atoms with Crippen LogP contribution >= 0.6 is 0 Å². The number of hydrogen-bond acceptors (Lipinski definition) is 1. The summed E-state index contributed by atoms with van der Waals surface area (Å²) >= 11 is 0. The summed E-state index contributed by atoms with van der Waals surface area (Å²) in [4.78, 5) is 13.1. The number of hydrogen-bond donors (Lipinski definition) is 1. The van der Waals surface area contributed by atoms with E-state index in [1.165, 1.54) is 12.1 Å². The number of terminal acetylenes is 1. The molecule has 0 radical (unpaired) electrons. The number of benzene rings is 1. The summed E-state index contributed by atoms with van der Waals surface area (Å²) in [7, 11) is 0. The Balaban J connectivity index is 1.90. The second kappa shape index (κ2) is 5.45. The topological polar surface area (TPSA) is 32.3 Å². The van der Waals surface area contributed by atoms with Gasteiger partial charge in [-0.3, -0.25) is 0 Å². The zero-order chi connectivity index (χ0) is 14.8. The monoisotopic (exact) mass is 282 g/mol. The van der Waals surface area contributed by atoms with Crippen molar-refractivity contribution in [3.05, 3.63) is 35.4 Å². The van der Waals surface area contributed by atoms with Crippen molar-refractivity contribution in [1.82, 2.24) is 10.2 Å². The molecule has 0 atom stereocenters. The third-order valence-electron chi connectivity index (χ3n) is 3.22. The number of amides is 2. The molecule has 106 valence electrons. The fourth-order valence-corrected chi connectivity index (χ4v) is 2.04. The van der Waals surface area contributed by atoms with Crippen molar-refractivity contribution < 1.29 is 18.0 Å². The molecule has 1 heterocycles. The second-order valence-corrected chi connectivity index (χ2v) is 4.58. The Kier molecular flexibility index (Phi) is 3.89. The molecule has 2 rings (SSSR count). The largest absolute Gasteiger partial charge is 0.416 e. The number of rotatable bonds is 2. The van der Waals surface area contributed by atoms with E-state index < -0.39 is 11.7 Å². The van der Waals surface area contributed by atoms with Gasteiger partial charge in [-0.15, -0.1) is 6.42 Å². The fraction of sp³-hybridized carbons (Fsp3) is 0.357. The summed E-state index contributed by atoms with van der Waals surface area (Å²) in [6, 6.07) is 4.81. The van der Waals surface area contributed by atoms with E-state index in [2.05, 4.69) is 11.2 Å². The lowest BCUT2D eigenvalue weighted by Gasteiger charge is -2.39. The molecule has 1 aromatic rings. The Hall–Kier alpha value is -2.16. The van der Waals surface area contributed by atoms with Crippen molar-refractivity contribution in [2.45, 2.75) is 12.1 Å². The van der Waals surface area contributed by atoms with Gasteiger partial charge in [0.05, 0.1) is 12.1 Å². The minimum absolute atomic E-state index is 0.0777. The Labute approximate surface area is 114 Å². The first-order chi connectivity index (χ1) is 9.41. The van der Waals surface area contributed by atoms with E-state index in [0.717, 1.165) is 17.7 Å². The molecule has 20 heavy (non-hydrogen) atoms. The Bertz CT molecular complexity index is 525. The van der Waals surface area contributed by atoms with Gasteiger partial charge in [0, 0.05) is 19.0 Å². The Morgan fingerprint density at radius 1 is 1.35 bits per heavy atom. The standard InChI is InChI=1S/C14H13F3N2O/c1-2-7-18-13(20)19-8-11(9-19)10-3-5-12(6-4-10)14(15,16)17/h1,3-6,11H,7-9H2,(H,18,20). The molecule has 0 aromatic heterocycles. The molecule has 1 N–H and O–H groups in total. The maximum absolute atomic E-state index is 12.4. The molecule has 1 aliphatic heterocycles. The van der Waals surface area contributed by atoms with E-state index in [1.807, 2.05) is 0 Å². The molecule has 1 aromatic carbocycles. The van der Waals surface area contributed by atoms with Crippen LogP contribution in [0, 0.1) is 12.3 Å². The first-order valence-electron chi connectivity index (χ1n) is 6.05. The molecule has 1 aliphatic rings. The number of carbonyl (C=O) groups is 1. The lowest BCUT2D eigenvalue weighted by atomic mass is 9.91. The van der Waals surface area contributed by atoms with E-state index in [4.69, 9.17) is 6.42 Å². The van der Waals surface area contributed by atoms with Gasteiger partial charge in [-0.05, 0) is 17.7 Å². The SMILES string of the molecule is C#CCNC(=O)N1CC(c2ccc(C(F)(F)F)cc2)C1. The third kappa shape index (κ3) is 3.05. The number of nitrogens with one attached hydrogen (secondary N) is 1. The van der Waals surface area contributed by atoms with E-state index in [0.29, 0.717) is 13.1 Å². The maximum Gasteiger partial charge on any atom is 0.416 e. The highest BCUT2D eigenvalue weighted by Gasteiger charge is 2.33. The molecular weight excluding hydrogens is 269 g/mol. The lowest BCUT2D eigenvalue weighted by molar-refractivity contribution is -0.137. The summed E-state index contributed by atoms with van der Waals surface area (Å²) in [6.45, 7) is 1.14. The van der Waals surface area contributed by atoms with Gasteiger partial charge >= 0.3 is 12.2 Å². The molecule has 2 amide bonds. The van der Waals surface area contributed by atoms with E-state index >= 15 is 0 Å². The predicted molar refractivity (Wildman–Crippen MR) is 68.0 cm³/mol. The fourth-order valence-electron chi connectivity index (χ4n) is 2.04. The smallest absolute Gasteiger partial charge is 0.327 e. The molecule has 0 bridgehead atoms. The van der Waals surface area contributed by atoms with Gasteiger partial charge < -0.3 is 10.2 Å². The zero-order valence-corrected chi connectivity index (χ0v) is 10.6. The minimum atomic E-state index is -4.32. The summed E-state index contributed by atoms with van der Waals surface area (Å²) in [5, 5.41) is 2.54. The van der Waals surface area contributed by atoms with Crippen LogP contribution in [0.3, 0.4) is 0 Å². The van der Waals surface area contributed by atoms with Crippen molar-refractivity contribution in [2.75, 3.05) is 19.6 Å². The van der Waals surface area contributed by atoms with Gasteiger partial charge in [0.2, 0.25) is 0 Å². The van der Waals surface area contributed by atoms with Crippen LogP contribution in [-0.4, -0.2) is 30.6 Å². The average Bonchev–Trinajstić information content (AvgIpc) is 2.34. The summed E-state index contributed by atoms with van der Waals surface area (Å²) in [6.07, 6.45) is 0.709. The van der Waals surface area contributed by atoms with Gasteiger partial charge in [0.25, 0.3) is 0 Å². The number of alkyl halides is 3. The van der Waals surface area contributed by atoms with Crippen LogP contribution in [0.2, 0.25) is 0 Å². The number of likely N-dealkylation sites (tertiary alicyclic amines) is 1. The van der Waals surface area contributed by atoms with Crippen molar-refractivity contribution >= 4 is 6.03 Å². The van der Waals surface area contributed by atoms with Crippen LogP contribution in [0.1, 0.15) is 17.0 Å². The van der Waals surface area contributed by atoms with Crippen LogP contribution in [0.4, 0.5) is 18.0 Å². The predicted octanol–water partition coefficient (Wildman–Crippen LogP) is 2.45. The second-order valence-electron chi connectivity index (χ2n) is 4.58. The van der Waals surface area contributed by atoms with Gasteiger partial charge in [0.15, 0.2) is 0 Å². The highest BCUT2D eigenvalue weighted by atomic mass is 19.4. The first kappa shape index (κ1) is 14.3. The first-order valence-corrected chi connectivity index (χ1v) is 6.05. The highest BCUT2D eigenvalue weighted by Crippen LogP contribution is 2.32. The zero-order valence-electron chi connectivity index (χ0n) is 10.6. The molecule has 0 spiro atoms. The number of urea groups is 1. The Morgan fingerprint density at radius 3 is 2.45 bits per heavy atom. The molecule has 1 saturated heterocycles. The lowest BCUT2D eigenvalue weighted by Crippen LogP contribution is -2.52. The normalized spacial score (nSPS) is 15.4. The molecule has 6 heteroatoms. The summed E-state index contributed by atoms with van der Waals surface area (Å²) in [5.41, 5.74) is 0.142. The summed E-state index contributed by atoms with van der Waals surface area (Å²) in [5.74, 6) is 2.38. The van der Waals surface area contributed by atoms with Crippen molar-refractivity contribution in [1.29, 1.82) is 0 Å². The number of halogens is 3. The molecule has 0 unspecified atom stereocenters. The third-order valence-corrected chi connectivity index (χ3v) is 3.22. The molecule has 3 nitrogen and oxygen atoms in total. The van der Waals surface area contributed by atoms with Gasteiger partial charge in [0.1, 0.15) is 0 Å². The van der Waals surface area contributed by atoms with Crippen molar-refractivity contribution in [2.24, 2.45) is 0 Å². The van der Waals surface area contributed by atoms with E-state index in [-0.39, 0.29) is 18.5 Å². The van der Waals surface area contributed by atoms with Gasteiger partial charge in [-0.25, -0.2) is 4.79 Å². The van der Waals surface area contributed by atoms with Crippen molar-refractivity contribution in [3.63, 3.8) is 0 Å². The van der Waals surface area contributed by atoms with Crippen LogP contribution in [-0.2, 0) is 6.18 Å². The average molecular weight is 282 g/mol. The van der Waals surface area contributed by atoms with Crippen LogP contribution in [0.25, 0.3) is 0 Å². The highest BCUT2D eigenvalue weighted by molar-refractivity contribution is 5.75. The quantitative estimate of drug-likeness (QED) is 0.830. The number of carbonyl (C=O) groups excluding carboxylic acids is 1. The minimum Gasteiger partial charge on any atom is -0.327 e. The molecule has 0 aliphatic carbocycles. The molecule has 1 fully saturated rings. The van der Waals surface area contributed by atoms with E-state index in [9.17, 15) is 18.0 Å². The number of nitrogens with zero attached hydrogens (tertiary/aromatic N) is 1. The summed E-state index contributed by atoms with van der Waals surface area (Å²) < 4.78 is 37.3. The molecule has 0 saturated carbocycles. The van der Waals surface area contributed by atoms with E-state index in [1.54, 1.807) is 4.90 Å². The van der Waals surface area contributed by atoms with Gasteiger partial charge in [-0.2, -0.15) is 13.2 Å². The van der Waals surface area contributed by atoms with Crippen LogP contribution in [0.15, 0.2) is 24.3 Å².